The first-order valence-corrected chi connectivity index (χ1v) is 4.62. The van der Waals surface area contributed by atoms with Gasteiger partial charge in [0, 0.05) is 13.2 Å². The number of hydrogen-bond donors (Lipinski definition) is 2. The van der Waals surface area contributed by atoms with Gasteiger partial charge in [-0.25, -0.2) is 0 Å². The fraction of sp³-hybridized carbons (Fsp3) is 1.00. The first-order chi connectivity index (χ1) is 5.72. The van der Waals surface area contributed by atoms with Gasteiger partial charge in [0.2, 0.25) is 0 Å². The van der Waals surface area contributed by atoms with Crippen LogP contribution in [0.5, 0.6) is 0 Å². The Balaban J connectivity index is 3.49. The Morgan fingerprint density at radius 1 is 1.42 bits per heavy atom. The Hall–Kier alpha value is -0.120. The first-order valence-electron chi connectivity index (χ1n) is 4.62. The number of aliphatic hydroxyl groups is 2. The molecule has 2 atom stereocenters. The van der Waals surface area contributed by atoms with Crippen LogP contribution in [-0.2, 0) is 4.74 Å². The van der Waals surface area contributed by atoms with Crippen LogP contribution in [0.15, 0.2) is 0 Å². The lowest BCUT2D eigenvalue weighted by molar-refractivity contribution is -0.0410. The standard InChI is InChI=1S/C9H20O3/c1-3-4-7-12-9(5-6-10)8(2)11/h8-11H,3-7H2,1-2H3. The van der Waals surface area contributed by atoms with Crippen molar-refractivity contribution in [2.24, 2.45) is 0 Å². The van der Waals surface area contributed by atoms with Gasteiger partial charge in [-0.15, -0.1) is 0 Å². The molecule has 0 aromatic rings. The molecule has 0 aliphatic carbocycles. The molecule has 0 saturated carbocycles. The SMILES string of the molecule is CCCCOC(CCO)C(C)O. The fourth-order valence-corrected chi connectivity index (χ4v) is 0.970. The maximum atomic E-state index is 9.21. The summed E-state index contributed by atoms with van der Waals surface area (Å²) in [4.78, 5) is 0. The van der Waals surface area contributed by atoms with E-state index in [4.69, 9.17) is 9.84 Å². The highest BCUT2D eigenvalue weighted by atomic mass is 16.5. The summed E-state index contributed by atoms with van der Waals surface area (Å²) in [6.07, 6.45) is 1.91. The molecule has 0 radical (unpaired) electrons. The van der Waals surface area contributed by atoms with E-state index in [0.717, 1.165) is 12.8 Å². The molecular formula is C9H20O3. The molecule has 0 fully saturated rings. The molecule has 0 aliphatic rings. The molecule has 0 aliphatic heterocycles. The van der Waals surface area contributed by atoms with Crippen LogP contribution in [0.25, 0.3) is 0 Å². The van der Waals surface area contributed by atoms with Crippen molar-refractivity contribution in [3.63, 3.8) is 0 Å². The van der Waals surface area contributed by atoms with Gasteiger partial charge in [-0.1, -0.05) is 13.3 Å². The average molecular weight is 176 g/mol. The smallest absolute Gasteiger partial charge is 0.0852 e. The van der Waals surface area contributed by atoms with Crippen molar-refractivity contribution in [3.05, 3.63) is 0 Å². The Bertz CT molecular complexity index is 93.8. The van der Waals surface area contributed by atoms with Gasteiger partial charge in [-0.05, 0) is 19.8 Å². The molecule has 3 heteroatoms. The Kier molecular flexibility index (Phi) is 7.45. The van der Waals surface area contributed by atoms with Crippen molar-refractivity contribution >= 4 is 0 Å². The molecule has 0 bridgehead atoms. The van der Waals surface area contributed by atoms with Crippen LogP contribution in [0.1, 0.15) is 33.1 Å². The highest BCUT2D eigenvalue weighted by molar-refractivity contribution is 4.63. The van der Waals surface area contributed by atoms with Crippen LogP contribution in [0.2, 0.25) is 0 Å². The van der Waals surface area contributed by atoms with Gasteiger partial charge in [0.1, 0.15) is 0 Å². The minimum absolute atomic E-state index is 0.0711. The minimum Gasteiger partial charge on any atom is -0.396 e. The number of unbranched alkanes of at least 4 members (excludes halogenated alkanes) is 1. The quantitative estimate of drug-likeness (QED) is 0.567. The van der Waals surface area contributed by atoms with Crippen molar-refractivity contribution < 1.29 is 14.9 Å². The van der Waals surface area contributed by atoms with Gasteiger partial charge < -0.3 is 14.9 Å². The molecule has 0 rings (SSSR count). The maximum Gasteiger partial charge on any atom is 0.0852 e. The predicted octanol–water partition coefficient (Wildman–Crippen LogP) is 0.935. The van der Waals surface area contributed by atoms with E-state index in [1.165, 1.54) is 0 Å². The van der Waals surface area contributed by atoms with Crippen LogP contribution < -0.4 is 0 Å². The number of aliphatic hydroxyl groups excluding tert-OH is 2. The first kappa shape index (κ1) is 11.9. The third kappa shape index (κ3) is 5.52. The van der Waals surface area contributed by atoms with E-state index in [9.17, 15) is 5.11 Å². The third-order valence-electron chi connectivity index (χ3n) is 1.78. The lowest BCUT2D eigenvalue weighted by atomic mass is 10.2. The van der Waals surface area contributed by atoms with Gasteiger partial charge in [-0.3, -0.25) is 0 Å². The van der Waals surface area contributed by atoms with E-state index in [2.05, 4.69) is 6.92 Å². The van der Waals surface area contributed by atoms with E-state index in [1.54, 1.807) is 6.92 Å². The molecule has 0 heterocycles. The number of hydrogen-bond acceptors (Lipinski definition) is 3. The molecule has 74 valence electrons. The van der Waals surface area contributed by atoms with Gasteiger partial charge >= 0.3 is 0 Å². The Morgan fingerprint density at radius 2 is 2.08 bits per heavy atom. The number of rotatable bonds is 7. The zero-order valence-electron chi connectivity index (χ0n) is 7.99. The van der Waals surface area contributed by atoms with E-state index in [1.807, 2.05) is 0 Å². The second-order valence-electron chi connectivity index (χ2n) is 3.02. The van der Waals surface area contributed by atoms with E-state index < -0.39 is 6.10 Å². The highest BCUT2D eigenvalue weighted by Gasteiger charge is 2.13. The van der Waals surface area contributed by atoms with Crippen molar-refractivity contribution in [2.45, 2.75) is 45.3 Å². The normalized spacial score (nSPS) is 16.0. The molecular weight excluding hydrogens is 156 g/mol. The summed E-state index contributed by atoms with van der Waals surface area (Å²) in [5.41, 5.74) is 0. The largest absolute Gasteiger partial charge is 0.396 e. The lowest BCUT2D eigenvalue weighted by Gasteiger charge is -2.19. The summed E-state index contributed by atoms with van der Waals surface area (Å²) < 4.78 is 5.37. The van der Waals surface area contributed by atoms with Gasteiger partial charge in [-0.2, -0.15) is 0 Å². The molecule has 12 heavy (non-hydrogen) atoms. The molecule has 0 aromatic heterocycles. The zero-order valence-corrected chi connectivity index (χ0v) is 7.99. The Labute approximate surface area is 74.4 Å². The van der Waals surface area contributed by atoms with Crippen LogP contribution in [0.3, 0.4) is 0 Å². The Morgan fingerprint density at radius 3 is 2.50 bits per heavy atom. The lowest BCUT2D eigenvalue weighted by Crippen LogP contribution is -2.27. The minimum atomic E-state index is -0.492. The number of ether oxygens (including phenoxy) is 1. The van der Waals surface area contributed by atoms with Gasteiger partial charge in [0.15, 0.2) is 0 Å². The summed E-state index contributed by atoms with van der Waals surface area (Å²) in [5, 5.41) is 17.9. The monoisotopic (exact) mass is 176 g/mol. The van der Waals surface area contributed by atoms with Crippen LogP contribution >= 0.6 is 0 Å². The summed E-state index contributed by atoms with van der Waals surface area (Å²) in [5.74, 6) is 0. The molecule has 0 spiro atoms. The molecule has 2 unspecified atom stereocenters. The summed E-state index contributed by atoms with van der Waals surface area (Å²) in [6, 6.07) is 0. The van der Waals surface area contributed by atoms with E-state index >= 15 is 0 Å². The fourth-order valence-electron chi connectivity index (χ4n) is 0.970. The summed E-state index contributed by atoms with van der Waals surface area (Å²) in [7, 11) is 0. The summed E-state index contributed by atoms with van der Waals surface area (Å²) in [6.45, 7) is 4.52. The van der Waals surface area contributed by atoms with Crippen molar-refractivity contribution in [3.8, 4) is 0 Å². The van der Waals surface area contributed by atoms with Gasteiger partial charge in [0.25, 0.3) is 0 Å². The average Bonchev–Trinajstić information content (AvgIpc) is 2.03. The highest BCUT2D eigenvalue weighted by Crippen LogP contribution is 2.05. The van der Waals surface area contributed by atoms with Crippen LogP contribution in [0.4, 0.5) is 0 Å². The molecule has 0 aromatic carbocycles. The van der Waals surface area contributed by atoms with Gasteiger partial charge in [0.05, 0.1) is 12.2 Å². The van der Waals surface area contributed by atoms with E-state index in [0.29, 0.717) is 13.0 Å². The molecule has 3 nitrogen and oxygen atoms in total. The molecule has 0 saturated heterocycles. The topological polar surface area (TPSA) is 49.7 Å². The summed E-state index contributed by atoms with van der Waals surface area (Å²) >= 11 is 0. The van der Waals surface area contributed by atoms with Crippen molar-refractivity contribution in [2.75, 3.05) is 13.2 Å². The predicted molar refractivity (Wildman–Crippen MR) is 48.0 cm³/mol. The van der Waals surface area contributed by atoms with Crippen LogP contribution in [0, 0.1) is 0 Å². The molecule has 0 amide bonds. The second kappa shape index (κ2) is 7.53. The van der Waals surface area contributed by atoms with E-state index in [-0.39, 0.29) is 12.7 Å². The van der Waals surface area contributed by atoms with Crippen LogP contribution in [-0.4, -0.2) is 35.6 Å². The van der Waals surface area contributed by atoms with Crippen molar-refractivity contribution in [1.82, 2.24) is 0 Å². The second-order valence-corrected chi connectivity index (χ2v) is 3.02. The maximum absolute atomic E-state index is 9.21. The molecule has 2 N–H and O–H groups in total. The third-order valence-corrected chi connectivity index (χ3v) is 1.78. The zero-order chi connectivity index (χ0) is 9.40. The van der Waals surface area contributed by atoms with Crippen molar-refractivity contribution in [1.29, 1.82) is 0 Å².